The van der Waals surface area contributed by atoms with Crippen LogP contribution in [-0.4, -0.2) is 46.8 Å². The Labute approximate surface area is 188 Å². The maximum Gasteiger partial charge on any atom is 0.264 e. The Balaban J connectivity index is 1.37. The van der Waals surface area contributed by atoms with Crippen molar-refractivity contribution in [2.24, 2.45) is 7.05 Å². The second-order valence-corrected chi connectivity index (χ2v) is 9.01. The maximum atomic E-state index is 14.1. The molecule has 5 nitrogen and oxygen atoms in total. The van der Waals surface area contributed by atoms with Crippen molar-refractivity contribution in [1.29, 1.82) is 0 Å². The number of hydrogen-bond acceptors (Lipinski definition) is 4. The Hall–Kier alpha value is -2.90. The van der Waals surface area contributed by atoms with Gasteiger partial charge >= 0.3 is 0 Å². The summed E-state index contributed by atoms with van der Waals surface area (Å²) in [5.41, 5.74) is 2.40. The number of para-hydroxylation sites is 1. The van der Waals surface area contributed by atoms with Gasteiger partial charge < -0.3 is 9.80 Å². The number of benzene rings is 2. The Morgan fingerprint density at radius 1 is 1.06 bits per heavy atom. The van der Waals surface area contributed by atoms with Crippen molar-refractivity contribution in [2.45, 2.75) is 0 Å². The second kappa shape index (κ2) is 7.98. The number of aromatic nitrogens is 2. The highest BCUT2D eigenvalue weighted by Gasteiger charge is 2.26. The van der Waals surface area contributed by atoms with Gasteiger partial charge in [0, 0.05) is 49.2 Å². The van der Waals surface area contributed by atoms with Gasteiger partial charge in [0.2, 0.25) is 0 Å². The molecule has 1 aliphatic rings. The van der Waals surface area contributed by atoms with E-state index in [-0.39, 0.29) is 11.7 Å². The van der Waals surface area contributed by atoms with Gasteiger partial charge in [-0.25, -0.2) is 4.39 Å². The first-order valence-electron chi connectivity index (χ1n) is 10.0. The van der Waals surface area contributed by atoms with Crippen LogP contribution in [0, 0.1) is 5.82 Å². The van der Waals surface area contributed by atoms with E-state index in [1.807, 2.05) is 57.9 Å². The fourth-order valence-electron chi connectivity index (χ4n) is 3.98. The van der Waals surface area contributed by atoms with Gasteiger partial charge in [-0.15, -0.1) is 11.3 Å². The van der Waals surface area contributed by atoms with Gasteiger partial charge in [0.1, 0.15) is 16.3 Å². The van der Waals surface area contributed by atoms with Crippen LogP contribution in [0.3, 0.4) is 0 Å². The molecule has 0 spiro atoms. The molecule has 31 heavy (non-hydrogen) atoms. The van der Waals surface area contributed by atoms with Crippen molar-refractivity contribution in [3.8, 4) is 11.3 Å². The third-order valence-corrected chi connectivity index (χ3v) is 7.04. The lowest BCUT2D eigenvalue weighted by Crippen LogP contribution is -2.48. The van der Waals surface area contributed by atoms with Gasteiger partial charge in [-0.2, -0.15) is 5.10 Å². The van der Waals surface area contributed by atoms with Crippen LogP contribution in [0.2, 0.25) is 5.02 Å². The van der Waals surface area contributed by atoms with Crippen LogP contribution in [0.25, 0.3) is 21.5 Å². The first kappa shape index (κ1) is 20.0. The lowest BCUT2D eigenvalue weighted by molar-refractivity contribution is 0.0751. The average molecular weight is 455 g/mol. The molecule has 4 aromatic rings. The van der Waals surface area contributed by atoms with Crippen molar-refractivity contribution in [3.63, 3.8) is 0 Å². The standard InChI is InChI=1S/C23H20ClFN4OS/c1-27-23-17(21(26-27)15-6-8-16(24)9-7-15)14-20(31-23)22(30)29-12-10-28(11-13-29)19-5-3-2-4-18(19)25/h2-9,14H,10-13H2,1H3. The summed E-state index contributed by atoms with van der Waals surface area (Å²) in [5.74, 6) is -0.217. The van der Waals surface area contributed by atoms with Gasteiger partial charge in [-0.05, 0) is 30.3 Å². The minimum atomic E-state index is -0.228. The molecule has 0 aliphatic carbocycles. The molecule has 1 saturated heterocycles. The summed E-state index contributed by atoms with van der Waals surface area (Å²) >= 11 is 7.47. The molecular weight excluding hydrogens is 435 g/mol. The summed E-state index contributed by atoms with van der Waals surface area (Å²) < 4.78 is 15.9. The highest BCUT2D eigenvalue weighted by Crippen LogP contribution is 2.34. The molecular formula is C23H20ClFN4OS. The van der Waals surface area contributed by atoms with Gasteiger partial charge in [0.15, 0.2) is 0 Å². The smallest absolute Gasteiger partial charge is 0.264 e. The van der Waals surface area contributed by atoms with E-state index in [0.29, 0.717) is 41.8 Å². The first-order valence-corrected chi connectivity index (χ1v) is 11.2. The number of nitrogens with zero attached hydrogens (tertiary/aromatic N) is 4. The Morgan fingerprint density at radius 2 is 1.77 bits per heavy atom. The number of aryl methyl sites for hydroxylation is 1. The molecule has 1 aliphatic heterocycles. The number of carbonyl (C=O) groups is 1. The van der Waals surface area contributed by atoms with E-state index < -0.39 is 0 Å². The summed E-state index contributed by atoms with van der Waals surface area (Å²) in [6.07, 6.45) is 0. The first-order chi connectivity index (χ1) is 15.0. The molecule has 0 N–H and O–H groups in total. The summed E-state index contributed by atoms with van der Waals surface area (Å²) in [5, 5.41) is 6.27. The Bertz CT molecular complexity index is 1260. The van der Waals surface area contributed by atoms with E-state index >= 15 is 0 Å². The average Bonchev–Trinajstić information content (AvgIpc) is 3.35. The number of carbonyl (C=O) groups excluding carboxylic acids is 1. The summed E-state index contributed by atoms with van der Waals surface area (Å²) in [6, 6.07) is 16.3. The molecule has 0 unspecified atom stereocenters. The molecule has 0 saturated carbocycles. The third kappa shape index (κ3) is 3.68. The molecule has 0 radical (unpaired) electrons. The summed E-state index contributed by atoms with van der Waals surface area (Å²) in [4.78, 5) is 18.7. The van der Waals surface area contributed by atoms with Gasteiger partial charge in [-0.1, -0.05) is 35.9 Å². The molecule has 1 fully saturated rings. The highest BCUT2D eigenvalue weighted by atomic mass is 35.5. The third-order valence-electron chi connectivity index (χ3n) is 5.60. The SMILES string of the molecule is Cn1nc(-c2ccc(Cl)cc2)c2cc(C(=O)N3CCN(c4ccccc4F)CC3)sc21. The zero-order valence-electron chi connectivity index (χ0n) is 16.9. The molecule has 2 aromatic heterocycles. The largest absolute Gasteiger partial charge is 0.366 e. The van der Waals surface area contributed by atoms with Crippen LogP contribution in [0.4, 0.5) is 10.1 Å². The molecule has 1 amide bonds. The maximum absolute atomic E-state index is 14.1. The van der Waals surface area contributed by atoms with Crippen LogP contribution in [0.5, 0.6) is 0 Å². The van der Waals surface area contributed by atoms with Crippen molar-refractivity contribution in [3.05, 3.63) is 70.3 Å². The lowest BCUT2D eigenvalue weighted by atomic mass is 10.1. The zero-order chi connectivity index (χ0) is 21.5. The van der Waals surface area contributed by atoms with Crippen molar-refractivity contribution in [2.75, 3.05) is 31.1 Å². The molecule has 5 rings (SSSR count). The number of anilines is 1. The van der Waals surface area contributed by atoms with Gasteiger partial charge in [0.05, 0.1) is 10.6 Å². The lowest BCUT2D eigenvalue weighted by Gasteiger charge is -2.36. The summed E-state index contributed by atoms with van der Waals surface area (Å²) in [6.45, 7) is 2.33. The van der Waals surface area contributed by atoms with Crippen molar-refractivity contribution >= 4 is 44.7 Å². The Morgan fingerprint density at radius 3 is 2.48 bits per heavy atom. The number of halogens is 2. The van der Waals surface area contributed by atoms with Crippen LogP contribution in [0.1, 0.15) is 9.67 Å². The molecule has 3 heterocycles. The predicted molar refractivity (Wildman–Crippen MR) is 124 cm³/mol. The van der Waals surface area contributed by atoms with E-state index in [9.17, 15) is 9.18 Å². The topological polar surface area (TPSA) is 41.4 Å². The minimum absolute atomic E-state index is 0.0106. The second-order valence-electron chi connectivity index (χ2n) is 7.54. The van der Waals surface area contributed by atoms with E-state index in [4.69, 9.17) is 11.6 Å². The number of rotatable bonds is 3. The number of fused-ring (bicyclic) bond motifs is 1. The normalized spacial score (nSPS) is 14.4. The quantitative estimate of drug-likeness (QED) is 0.434. The molecule has 2 aromatic carbocycles. The molecule has 0 atom stereocenters. The van der Waals surface area contributed by atoms with Crippen molar-refractivity contribution < 1.29 is 9.18 Å². The van der Waals surface area contributed by atoms with Crippen LogP contribution in [-0.2, 0) is 7.05 Å². The Kier molecular flexibility index (Phi) is 5.16. The van der Waals surface area contributed by atoms with Gasteiger partial charge in [0.25, 0.3) is 5.91 Å². The number of thiophene rings is 1. The monoisotopic (exact) mass is 454 g/mol. The van der Waals surface area contributed by atoms with Crippen LogP contribution < -0.4 is 4.90 Å². The van der Waals surface area contributed by atoms with Gasteiger partial charge in [-0.3, -0.25) is 9.48 Å². The summed E-state index contributed by atoms with van der Waals surface area (Å²) in [7, 11) is 1.89. The van der Waals surface area contributed by atoms with E-state index in [2.05, 4.69) is 5.10 Å². The highest BCUT2D eigenvalue weighted by molar-refractivity contribution is 7.20. The predicted octanol–water partition coefficient (Wildman–Crippen LogP) is 5.06. The van der Waals surface area contributed by atoms with E-state index in [0.717, 1.165) is 21.5 Å². The van der Waals surface area contributed by atoms with Crippen molar-refractivity contribution in [1.82, 2.24) is 14.7 Å². The minimum Gasteiger partial charge on any atom is -0.366 e. The number of piperazine rings is 1. The zero-order valence-corrected chi connectivity index (χ0v) is 18.5. The fraction of sp³-hybridized carbons (Fsp3) is 0.217. The van der Waals surface area contributed by atoms with E-state index in [1.54, 1.807) is 12.1 Å². The van der Waals surface area contributed by atoms with E-state index in [1.165, 1.54) is 17.4 Å². The fourth-order valence-corrected chi connectivity index (χ4v) is 5.15. The molecule has 158 valence electrons. The van der Waals surface area contributed by atoms with Crippen LogP contribution >= 0.6 is 22.9 Å². The number of amides is 1. The molecule has 8 heteroatoms. The number of hydrogen-bond donors (Lipinski definition) is 0. The van der Waals surface area contributed by atoms with Crippen LogP contribution in [0.15, 0.2) is 54.6 Å². The molecule has 0 bridgehead atoms.